The number of nitrogens with one attached hydrogen (secondary N) is 2. The summed E-state index contributed by atoms with van der Waals surface area (Å²) in [5.74, 6) is 0.754. The topological polar surface area (TPSA) is 50.4 Å². The first-order valence-electron chi connectivity index (χ1n) is 6.57. The summed E-state index contributed by atoms with van der Waals surface area (Å²) in [6.07, 6.45) is 0. The molecule has 0 saturated heterocycles. The van der Waals surface area contributed by atoms with Crippen LogP contribution in [0.4, 0.5) is 4.79 Å². The van der Waals surface area contributed by atoms with Crippen LogP contribution in [0, 0.1) is 0 Å². The SMILES string of the molecule is COc1ccccc1CNC(=O)NCc1ccccc1Cl. The van der Waals surface area contributed by atoms with E-state index in [0.29, 0.717) is 18.1 Å². The largest absolute Gasteiger partial charge is 0.496 e. The number of ether oxygens (including phenoxy) is 1. The highest BCUT2D eigenvalue weighted by molar-refractivity contribution is 6.31. The Bertz CT molecular complexity index is 617. The maximum Gasteiger partial charge on any atom is 0.315 e. The van der Waals surface area contributed by atoms with Crippen LogP contribution in [0.2, 0.25) is 5.02 Å². The van der Waals surface area contributed by atoms with E-state index in [2.05, 4.69) is 10.6 Å². The van der Waals surface area contributed by atoms with E-state index >= 15 is 0 Å². The second-order valence-corrected chi connectivity index (χ2v) is 4.85. The first-order valence-corrected chi connectivity index (χ1v) is 6.95. The zero-order chi connectivity index (χ0) is 15.1. The Morgan fingerprint density at radius 1 is 1.00 bits per heavy atom. The molecule has 2 aromatic carbocycles. The Labute approximate surface area is 129 Å². The first-order chi connectivity index (χ1) is 10.2. The van der Waals surface area contributed by atoms with Gasteiger partial charge in [-0.2, -0.15) is 0 Å². The van der Waals surface area contributed by atoms with Gasteiger partial charge in [0.15, 0.2) is 0 Å². The minimum absolute atomic E-state index is 0.249. The fourth-order valence-electron chi connectivity index (χ4n) is 1.90. The monoisotopic (exact) mass is 304 g/mol. The van der Waals surface area contributed by atoms with E-state index in [1.165, 1.54) is 0 Å². The number of urea groups is 1. The Kier molecular flexibility index (Phi) is 5.46. The molecule has 2 amide bonds. The van der Waals surface area contributed by atoms with Gasteiger partial charge in [-0.15, -0.1) is 0 Å². The highest BCUT2D eigenvalue weighted by atomic mass is 35.5. The van der Waals surface area contributed by atoms with E-state index in [4.69, 9.17) is 16.3 Å². The lowest BCUT2D eigenvalue weighted by Gasteiger charge is -2.11. The molecule has 2 aromatic rings. The molecule has 2 N–H and O–H groups in total. The van der Waals surface area contributed by atoms with Crippen LogP contribution in [-0.4, -0.2) is 13.1 Å². The van der Waals surface area contributed by atoms with E-state index in [1.807, 2.05) is 42.5 Å². The average Bonchev–Trinajstić information content (AvgIpc) is 2.52. The zero-order valence-corrected chi connectivity index (χ0v) is 12.5. The molecule has 0 aliphatic carbocycles. The molecule has 21 heavy (non-hydrogen) atoms. The Morgan fingerprint density at radius 3 is 2.24 bits per heavy atom. The number of carbonyl (C=O) groups is 1. The molecule has 0 aromatic heterocycles. The van der Waals surface area contributed by atoms with Gasteiger partial charge in [-0.1, -0.05) is 48.0 Å². The normalized spacial score (nSPS) is 10.0. The number of carbonyl (C=O) groups excluding carboxylic acids is 1. The summed E-state index contributed by atoms with van der Waals surface area (Å²) in [6.45, 7) is 0.787. The van der Waals surface area contributed by atoms with Gasteiger partial charge in [0.05, 0.1) is 7.11 Å². The van der Waals surface area contributed by atoms with E-state index in [9.17, 15) is 4.79 Å². The minimum Gasteiger partial charge on any atom is -0.496 e. The van der Waals surface area contributed by atoms with Crippen molar-refractivity contribution in [1.29, 1.82) is 0 Å². The number of methoxy groups -OCH3 is 1. The van der Waals surface area contributed by atoms with Crippen molar-refractivity contribution in [2.75, 3.05) is 7.11 Å². The summed E-state index contributed by atoms with van der Waals surface area (Å²) in [7, 11) is 1.61. The molecule has 4 nitrogen and oxygen atoms in total. The molecule has 0 spiro atoms. The molecule has 0 unspecified atom stereocenters. The molecule has 0 bridgehead atoms. The second kappa shape index (κ2) is 7.55. The highest BCUT2D eigenvalue weighted by Gasteiger charge is 2.05. The van der Waals surface area contributed by atoms with E-state index in [-0.39, 0.29) is 6.03 Å². The van der Waals surface area contributed by atoms with Crippen molar-refractivity contribution in [1.82, 2.24) is 10.6 Å². The standard InChI is InChI=1S/C16H17ClN2O2/c1-21-15-9-5-3-7-13(15)11-19-16(20)18-10-12-6-2-4-8-14(12)17/h2-9H,10-11H2,1H3,(H2,18,19,20). The summed E-state index contributed by atoms with van der Waals surface area (Å²) in [4.78, 5) is 11.8. The Morgan fingerprint density at radius 2 is 1.57 bits per heavy atom. The van der Waals surface area contributed by atoms with Gasteiger partial charge in [0.1, 0.15) is 5.75 Å². The third-order valence-corrected chi connectivity index (χ3v) is 3.40. The van der Waals surface area contributed by atoms with Crippen molar-refractivity contribution in [2.45, 2.75) is 13.1 Å². The lowest BCUT2D eigenvalue weighted by Crippen LogP contribution is -2.34. The van der Waals surface area contributed by atoms with Crippen LogP contribution in [0.15, 0.2) is 48.5 Å². The summed E-state index contributed by atoms with van der Waals surface area (Å²) >= 11 is 6.03. The highest BCUT2D eigenvalue weighted by Crippen LogP contribution is 2.17. The van der Waals surface area contributed by atoms with Gasteiger partial charge in [0.2, 0.25) is 0 Å². The smallest absolute Gasteiger partial charge is 0.315 e. The Hall–Kier alpha value is -2.20. The van der Waals surface area contributed by atoms with Crippen LogP contribution >= 0.6 is 11.6 Å². The van der Waals surface area contributed by atoms with Gasteiger partial charge in [-0.25, -0.2) is 4.79 Å². The number of benzene rings is 2. The fraction of sp³-hybridized carbons (Fsp3) is 0.188. The molecule has 0 saturated carbocycles. The van der Waals surface area contributed by atoms with Gasteiger partial charge in [0, 0.05) is 23.7 Å². The van der Waals surface area contributed by atoms with Crippen LogP contribution in [0.3, 0.4) is 0 Å². The van der Waals surface area contributed by atoms with Crippen LogP contribution in [0.1, 0.15) is 11.1 Å². The summed E-state index contributed by atoms with van der Waals surface area (Å²) in [5, 5.41) is 6.20. The first kappa shape index (κ1) is 15.2. The number of hydrogen-bond acceptors (Lipinski definition) is 2. The summed E-state index contributed by atoms with van der Waals surface area (Å²) in [6, 6.07) is 14.7. The predicted octanol–water partition coefficient (Wildman–Crippen LogP) is 3.35. The van der Waals surface area contributed by atoms with E-state index in [0.717, 1.165) is 16.9 Å². The third kappa shape index (κ3) is 4.39. The lowest BCUT2D eigenvalue weighted by atomic mass is 10.2. The van der Waals surface area contributed by atoms with E-state index < -0.39 is 0 Å². The van der Waals surface area contributed by atoms with Crippen molar-refractivity contribution >= 4 is 17.6 Å². The third-order valence-electron chi connectivity index (χ3n) is 3.03. The van der Waals surface area contributed by atoms with E-state index in [1.54, 1.807) is 13.2 Å². The molecule has 0 atom stereocenters. The van der Waals surface area contributed by atoms with Crippen LogP contribution < -0.4 is 15.4 Å². The molecule has 0 radical (unpaired) electrons. The summed E-state index contributed by atoms with van der Waals surface area (Å²) < 4.78 is 5.23. The Balaban J connectivity index is 1.84. The van der Waals surface area contributed by atoms with Crippen molar-refractivity contribution in [2.24, 2.45) is 0 Å². The predicted molar refractivity (Wildman–Crippen MR) is 83.5 cm³/mol. The molecular weight excluding hydrogens is 288 g/mol. The minimum atomic E-state index is -0.249. The second-order valence-electron chi connectivity index (χ2n) is 4.44. The fourth-order valence-corrected chi connectivity index (χ4v) is 2.11. The van der Waals surface area contributed by atoms with Crippen LogP contribution in [-0.2, 0) is 13.1 Å². The number of halogens is 1. The summed E-state index contributed by atoms with van der Waals surface area (Å²) in [5.41, 5.74) is 1.81. The molecule has 110 valence electrons. The van der Waals surface area contributed by atoms with Crippen molar-refractivity contribution in [3.05, 3.63) is 64.7 Å². The zero-order valence-electron chi connectivity index (χ0n) is 11.7. The maximum absolute atomic E-state index is 11.8. The number of para-hydroxylation sites is 1. The average molecular weight is 305 g/mol. The van der Waals surface area contributed by atoms with Crippen molar-refractivity contribution in [3.8, 4) is 5.75 Å². The molecule has 0 heterocycles. The van der Waals surface area contributed by atoms with Gasteiger partial charge >= 0.3 is 6.03 Å². The number of hydrogen-bond donors (Lipinski definition) is 2. The number of amides is 2. The molecule has 0 aliphatic heterocycles. The van der Waals surface area contributed by atoms with Crippen molar-refractivity contribution < 1.29 is 9.53 Å². The molecule has 2 rings (SSSR count). The molecular formula is C16H17ClN2O2. The van der Waals surface area contributed by atoms with Gasteiger partial charge in [0.25, 0.3) is 0 Å². The lowest BCUT2D eigenvalue weighted by molar-refractivity contribution is 0.240. The molecule has 0 fully saturated rings. The number of rotatable bonds is 5. The van der Waals surface area contributed by atoms with Crippen LogP contribution in [0.5, 0.6) is 5.75 Å². The molecule has 5 heteroatoms. The van der Waals surface area contributed by atoms with Gasteiger partial charge in [-0.3, -0.25) is 0 Å². The van der Waals surface area contributed by atoms with Gasteiger partial charge in [-0.05, 0) is 17.7 Å². The van der Waals surface area contributed by atoms with Crippen molar-refractivity contribution in [3.63, 3.8) is 0 Å². The molecule has 0 aliphatic rings. The quantitative estimate of drug-likeness (QED) is 0.890. The van der Waals surface area contributed by atoms with Crippen LogP contribution in [0.25, 0.3) is 0 Å². The van der Waals surface area contributed by atoms with Gasteiger partial charge < -0.3 is 15.4 Å². The maximum atomic E-state index is 11.8.